The van der Waals surface area contributed by atoms with Gasteiger partial charge in [-0.1, -0.05) is 29.3 Å². The number of aliphatic carboxylic acids is 1. The molecule has 29 heavy (non-hydrogen) atoms. The third-order valence-corrected chi connectivity index (χ3v) is 9.12. The van der Waals surface area contributed by atoms with Gasteiger partial charge in [0, 0.05) is 18.0 Å². The highest BCUT2D eigenvalue weighted by Gasteiger charge is 2.25. The van der Waals surface area contributed by atoms with Crippen LogP contribution >= 0.6 is 45.9 Å². The fourth-order valence-electron chi connectivity index (χ4n) is 3.06. The number of hydrogen-bond acceptors (Lipinski definition) is 5. The van der Waals surface area contributed by atoms with Crippen LogP contribution in [0.3, 0.4) is 0 Å². The van der Waals surface area contributed by atoms with Gasteiger partial charge in [0.2, 0.25) is 0 Å². The molecule has 3 aromatic heterocycles. The van der Waals surface area contributed by atoms with Crippen molar-refractivity contribution >= 4 is 72.8 Å². The van der Waals surface area contributed by atoms with Crippen LogP contribution < -0.4 is 0 Å². The van der Waals surface area contributed by atoms with E-state index in [0.29, 0.717) is 16.5 Å². The second-order valence-electron chi connectivity index (χ2n) is 6.28. The highest BCUT2D eigenvalue weighted by Crippen LogP contribution is 2.37. The number of thiophene rings is 2. The molecular formula is C19H13Cl2NO4S3. The summed E-state index contributed by atoms with van der Waals surface area (Å²) in [5.74, 6) is -0.945. The molecule has 1 aromatic carbocycles. The average Bonchev–Trinajstić information content (AvgIpc) is 3.39. The van der Waals surface area contributed by atoms with E-state index in [1.165, 1.54) is 16.2 Å². The van der Waals surface area contributed by atoms with Crippen LogP contribution in [-0.4, -0.2) is 23.5 Å². The molecule has 0 spiro atoms. The van der Waals surface area contributed by atoms with Crippen molar-refractivity contribution in [2.45, 2.75) is 17.1 Å². The lowest BCUT2D eigenvalue weighted by Gasteiger charge is -2.06. The summed E-state index contributed by atoms with van der Waals surface area (Å²) in [6.07, 6.45) is 1.60. The summed E-state index contributed by atoms with van der Waals surface area (Å²) < 4.78 is 27.8. The number of carboxylic acids is 1. The minimum absolute atomic E-state index is 0.0242. The first-order valence-electron chi connectivity index (χ1n) is 8.36. The summed E-state index contributed by atoms with van der Waals surface area (Å²) in [5.41, 5.74) is 3.09. The van der Waals surface area contributed by atoms with Gasteiger partial charge in [0.25, 0.3) is 10.0 Å². The van der Waals surface area contributed by atoms with Crippen molar-refractivity contribution in [1.29, 1.82) is 0 Å². The topological polar surface area (TPSA) is 76.4 Å². The number of rotatable bonds is 6. The molecule has 5 nitrogen and oxygen atoms in total. The van der Waals surface area contributed by atoms with Crippen molar-refractivity contribution in [2.24, 2.45) is 0 Å². The van der Waals surface area contributed by atoms with Crippen molar-refractivity contribution in [3.05, 3.63) is 62.2 Å². The maximum Gasteiger partial charge on any atom is 0.303 e. The zero-order chi connectivity index (χ0) is 20.8. The number of aryl methyl sites for hydroxylation is 1. The second kappa shape index (κ2) is 7.77. The van der Waals surface area contributed by atoms with Crippen molar-refractivity contribution in [3.8, 4) is 11.1 Å². The van der Waals surface area contributed by atoms with Gasteiger partial charge in [-0.2, -0.15) is 19.8 Å². The number of hydrogen-bond donors (Lipinski definition) is 1. The Labute approximate surface area is 184 Å². The average molecular weight is 486 g/mol. The Bertz CT molecular complexity index is 1300. The molecule has 3 heterocycles. The van der Waals surface area contributed by atoms with Crippen molar-refractivity contribution < 1.29 is 18.3 Å². The highest BCUT2D eigenvalue weighted by molar-refractivity contribution is 7.92. The normalized spacial score (nSPS) is 11.9. The highest BCUT2D eigenvalue weighted by atomic mass is 35.5. The number of carboxylic acid groups (broad SMARTS) is 1. The SMILES string of the molecule is O=C(O)CCc1cn(S(=O)(=O)c2cc(Cl)c(Cl)s2)c2ccc(-c3ccsc3)cc12. The number of nitrogens with zero attached hydrogens (tertiary/aromatic N) is 1. The van der Waals surface area contributed by atoms with E-state index in [2.05, 4.69) is 0 Å². The molecular weight excluding hydrogens is 473 g/mol. The Morgan fingerprint density at radius 2 is 1.93 bits per heavy atom. The number of carbonyl (C=O) groups is 1. The first-order valence-corrected chi connectivity index (χ1v) is 12.3. The molecule has 0 saturated carbocycles. The number of aromatic nitrogens is 1. The van der Waals surface area contributed by atoms with E-state index >= 15 is 0 Å². The minimum atomic E-state index is -3.93. The van der Waals surface area contributed by atoms with Crippen LogP contribution in [0.25, 0.3) is 22.0 Å². The Balaban J connectivity index is 1.91. The van der Waals surface area contributed by atoms with Crippen LogP contribution in [0.4, 0.5) is 0 Å². The lowest BCUT2D eigenvalue weighted by atomic mass is 10.0. The second-order valence-corrected chi connectivity index (χ2v) is 11.2. The Morgan fingerprint density at radius 1 is 1.14 bits per heavy atom. The van der Waals surface area contributed by atoms with E-state index in [1.807, 2.05) is 29.0 Å². The first kappa shape index (κ1) is 20.4. The third kappa shape index (κ3) is 3.83. The molecule has 0 fully saturated rings. The summed E-state index contributed by atoms with van der Waals surface area (Å²) in [4.78, 5) is 11.1. The van der Waals surface area contributed by atoms with Crippen LogP contribution in [0.1, 0.15) is 12.0 Å². The Hall–Kier alpha value is -1.84. The maximum atomic E-state index is 13.2. The Kier molecular flexibility index (Phi) is 5.48. The third-order valence-electron chi connectivity index (χ3n) is 4.45. The van der Waals surface area contributed by atoms with Crippen LogP contribution in [0.15, 0.2) is 51.5 Å². The van der Waals surface area contributed by atoms with Crippen molar-refractivity contribution in [3.63, 3.8) is 0 Å². The standard InChI is InChI=1S/C19H13Cl2NO4S3/c20-15-8-18(28-19(15)21)29(25,26)22-9-12(2-4-17(23)24)14-7-11(1-3-16(14)22)13-5-6-27-10-13/h1,3,5-10H,2,4H2,(H,23,24). The first-order chi connectivity index (χ1) is 13.8. The van der Waals surface area contributed by atoms with Gasteiger partial charge >= 0.3 is 5.97 Å². The van der Waals surface area contributed by atoms with Crippen LogP contribution in [0.2, 0.25) is 9.36 Å². The largest absolute Gasteiger partial charge is 0.481 e. The van der Waals surface area contributed by atoms with Crippen LogP contribution in [0.5, 0.6) is 0 Å². The Morgan fingerprint density at radius 3 is 2.55 bits per heavy atom. The van der Waals surface area contributed by atoms with Gasteiger partial charge in [0.15, 0.2) is 0 Å². The van der Waals surface area contributed by atoms with E-state index in [1.54, 1.807) is 17.4 Å². The van der Waals surface area contributed by atoms with Gasteiger partial charge in [-0.15, -0.1) is 11.3 Å². The van der Waals surface area contributed by atoms with Gasteiger partial charge in [0.05, 0.1) is 10.5 Å². The zero-order valence-corrected chi connectivity index (χ0v) is 18.6. The van der Waals surface area contributed by atoms with Crippen LogP contribution in [-0.2, 0) is 21.2 Å². The maximum absolute atomic E-state index is 13.2. The van der Waals surface area contributed by atoms with Crippen molar-refractivity contribution in [2.75, 3.05) is 0 Å². The predicted octanol–water partition coefficient (Wildman–Crippen LogP) is 5.99. The fourth-order valence-corrected chi connectivity index (χ4v) is 7.09. The van der Waals surface area contributed by atoms with Gasteiger partial charge in [0.1, 0.15) is 8.55 Å². The zero-order valence-electron chi connectivity index (χ0n) is 14.6. The molecule has 150 valence electrons. The molecule has 4 aromatic rings. The molecule has 0 aliphatic carbocycles. The van der Waals surface area contributed by atoms with E-state index in [0.717, 1.165) is 22.5 Å². The summed E-state index contributed by atoms with van der Waals surface area (Å²) >= 11 is 14.4. The van der Waals surface area contributed by atoms with E-state index < -0.39 is 16.0 Å². The monoisotopic (exact) mass is 485 g/mol. The molecule has 0 unspecified atom stereocenters. The fraction of sp³-hybridized carbons (Fsp3) is 0.105. The molecule has 0 atom stereocenters. The van der Waals surface area contributed by atoms with Crippen molar-refractivity contribution in [1.82, 2.24) is 3.97 Å². The molecule has 0 aliphatic rings. The van der Waals surface area contributed by atoms with Gasteiger partial charge in [-0.3, -0.25) is 4.79 Å². The van der Waals surface area contributed by atoms with Gasteiger partial charge in [-0.25, -0.2) is 3.97 Å². The number of benzene rings is 1. The molecule has 1 N–H and O–H groups in total. The van der Waals surface area contributed by atoms with E-state index in [4.69, 9.17) is 28.3 Å². The lowest BCUT2D eigenvalue weighted by Crippen LogP contribution is -2.10. The predicted molar refractivity (Wildman–Crippen MR) is 118 cm³/mol. The molecule has 0 amide bonds. The van der Waals surface area contributed by atoms with Gasteiger partial charge in [-0.05, 0) is 58.1 Å². The number of fused-ring (bicyclic) bond motifs is 1. The summed E-state index contributed by atoms with van der Waals surface area (Å²) in [6.45, 7) is 0. The summed E-state index contributed by atoms with van der Waals surface area (Å²) in [5, 5.41) is 13.9. The molecule has 0 aliphatic heterocycles. The summed E-state index contributed by atoms with van der Waals surface area (Å²) in [6, 6.07) is 8.79. The van der Waals surface area contributed by atoms with Gasteiger partial charge < -0.3 is 5.11 Å². The lowest BCUT2D eigenvalue weighted by molar-refractivity contribution is -0.136. The number of halogens is 2. The minimum Gasteiger partial charge on any atom is -0.481 e. The molecule has 10 heteroatoms. The molecule has 0 saturated heterocycles. The molecule has 0 bridgehead atoms. The quantitative estimate of drug-likeness (QED) is 0.363. The van der Waals surface area contributed by atoms with Crippen LogP contribution in [0, 0.1) is 0 Å². The molecule has 0 radical (unpaired) electrons. The smallest absolute Gasteiger partial charge is 0.303 e. The summed E-state index contributed by atoms with van der Waals surface area (Å²) in [7, 11) is -3.93. The molecule has 4 rings (SSSR count). The van der Waals surface area contributed by atoms with E-state index in [-0.39, 0.29) is 26.4 Å². The van der Waals surface area contributed by atoms with E-state index in [9.17, 15) is 13.2 Å².